The molecule has 8 nitrogen and oxygen atoms in total. The zero-order chi connectivity index (χ0) is 27.3. The molecular formula is C28H22F2N4O4S. The van der Waals surface area contributed by atoms with E-state index in [0.717, 1.165) is 33.9 Å². The third-order valence-electron chi connectivity index (χ3n) is 6.82. The van der Waals surface area contributed by atoms with E-state index in [1.165, 1.54) is 17.4 Å². The topological polar surface area (TPSA) is 93.5 Å². The van der Waals surface area contributed by atoms with Crippen LogP contribution in [0.15, 0.2) is 54.7 Å². The molecule has 0 aliphatic carbocycles. The molecule has 198 valence electrons. The van der Waals surface area contributed by atoms with Gasteiger partial charge in [0.2, 0.25) is 0 Å². The van der Waals surface area contributed by atoms with Gasteiger partial charge >= 0.3 is 0 Å². The normalized spacial score (nSPS) is 14.8. The Bertz CT molecular complexity index is 1610. The van der Waals surface area contributed by atoms with Crippen LogP contribution in [0, 0.1) is 18.6 Å². The van der Waals surface area contributed by atoms with E-state index in [2.05, 4.69) is 10.4 Å². The van der Waals surface area contributed by atoms with E-state index in [0.29, 0.717) is 28.7 Å². The van der Waals surface area contributed by atoms with E-state index < -0.39 is 35.4 Å². The van der Waals surface area contributed by atoms with E-state index in [9.17, 15) is 23.2 Å². The lowest BCUT2D eigenvalue weighted by Gasteiger charge is -2.24. The van der Waals surface area contributed by atoms with Gasteiger partial charge < -0.3 is 10.1 Å². The summed E-state index contributed by atoms with van der Waals surface area (Å²) in [6.45, 7) is 2.78. The van der Waals surface area contributed by atoms with Gasteiger partial charge in [-0.1, -0.05) is 29.5 Å². The molecule has 2 aliphatic heterocycles. The smallest absolute Gasteiger partial charge is 0.261 e. The number of halogens is 2. The van der Waals surface area contributed by atoms with E-state index in [1.807, 2.05) is 11.6 Å². The Hall–Kier alpha value is -4.38. The van der Waals surface area contributed by atoms with Crippen LogP contribution < -0.4 is 10.1 Å². The number of thiophene rings is 1. The third kappa shape index (κ3) is 4.48. The Morgan fingerprint density at radius 1 is 1.08 bits per heavy atom. The van der Waals surface area contributed by atoms with Gasteiger partial charge in [0.25, 0.3) is 17.7 Å². The Morgan fingerprint density at radius 3 is 2.54 bits per heavy atom. The number of rotatable bonds is 6. The number of nitrogens with zero attached hydrogens (tertiary/aromatic N) is 3. The van der Waals surface area contributed by atoms with Crippen LogP contribution in [0.25, 0.3) is 11.3 Å². The second-order valence-corrected chi connectivity index (χ2v) is 10.5. The summed E-state index contributed by atoms with van der Waals surface area (Å²) in [6, 6.07) is 10.9. The lowest BCUT2D eigenvalue weighted by Crippen LogP contribution is -2.46. The van der Waals surface area contributed by atoms with Gasteiger partial charge in [0, 0.05) is 6.54 Å². The van der Waals surface area contributed by atoms with Crippen molar-refractivity contribution >= 4 is 29.1 Å². The first-order chi connectivity index (χ1) is 18.8. The standard InChI is InChI=1S/C28H22F2N4O4S/c1-15-13-31-34-8-9-38-28-20(24(15)34)12-23(39-28)25(35)32-17(10-16-6-7-21(29)22(30)11-16)14-33-26(36)18-4-2-3-5-19(18)27(33)37/h2-7,11-13,17H,8-10,14H2,1H3,(H,32,35). The first-order valence-corrected chi connectivity index (χ1v) is 13.1. The van der Waals surface area contributed by atoms with Crippen molar-refractivity contribution in [3.8, 4) is 16.3 Å². The number of fused-ring (bicyclic) bond motifs is 4. The van der Waals surface area contributed by atoms with E-state index in [4.69, 9.17) is 4.74 Å². The summed E-state index contributed by atoms with van der Waals surface area (Å²) in [7, 11) is 0. The third-order valence-corrected chi connectivity index (χ3v) is 7.86. The predicted octanol–water partition coefficient (Wildman–Crippen LogP) is 4.23. The average Bonchev–Trinajstić information content (AvgIpc) is 3.53. The Kier molecular flexibility index (Phi) is 6.22. The number of nitrogens with one attached hydrogen (secondary N) is 1. The highest BCUT2D eigenvalue weighted by atomic mass is 32.1. The number of ether oxygens (including phenoxy) is 1. The van der Waals surface area contributed by atoms with Crippen LogP contribution in [0.5, 0.6) is 5.06 Å². The molecule has 2 aliphatic rings. The molecule has 4 heterocycles. The second kappa shape index (κ2) is 9.73. The number of imide groups is 1. The number of aromatic nitrogens is 2. The second-order valence-electron chi connectivity index (χ2n) is 9.45. The minimum absolute atomic E-state index is 0.0593. The highest BCUT2D eigenvalue weighted by molar-refractivity contribution is 7.16. The van der Waals surface area contributed by atoms with Crippen LogP contribution in [0.2, 0.25) is 0 Å². The highest BCUT2D eigenvalue weighted by Crippen LogP contribution is 2.41. The zero-order valence-corrected chi connectivity index (χ0v) is 21.6. The minimum atomic E-state index is -1.02. The molecule has 3 amide bonds. The summed E-state index contributed by atoms with van der Waals surface area (Å²) in [4.78, 5) is 40.9. The van der Waals surface area contributed by atoms with Gasteiger partial charge in [-0.05, 0) is 54.8 Å². The molecular weight excluding hydrogens is 526 g/mol. The van der Waals surface area contributed by atoms with Gasteiger partial charge in [-0.2, -0.15) is 5.10 Å². The predicted molar refractivity (Wildman–Crippen MR) is 139 cm³/mol. The van der Waals surface area contributed by atoms with E-state index >= 15 is 0 Å². The van der Waals surface area contributed by atoms with Crippen LogP contribution >= 0.6 is 11.3 Å². The summed E-state index contributed by atoms with van der Waals surface area (Å²) in [5.74, 6) is -3.40. The Morgan fingerprint density at radius 2 is 1.82 bits per heavy atom. The fourth-order valence-corrected chi connectivity index (χ4v) is 5.91. The number of benzene rings is 2. The molecule has 2 aromatic heterocycles. The number of hydrogen-bond donors (Lipinski definition) is 1. The summed E-state index contributed by atoms with van der Waals surface area (Å²) in [5.41, 5.74) is 3.56. The van der Waals surface area contributed by atoms with Crippen molar-refractivity contribution in [3.63, 3.8) is 0 Å². The van der Waals surface area contributed by atoms with Crippen LogP contribution in [0.1, 0.15) is 41.5 Å². The molecule has 11 heteroatoms. The van der Waals surface area contributed by atoms with E-state index in [-0.39, 0.29) is 24.1 Å². The van der Waals surface area contributed by atoms with Crippen LogP contribution in [0.3, 0.4) is 0 Å². The largest absolute Gasteiger partial charge is 0.481 e. The lowest BCUT2D eigenvalue weighted by molar-refractivity contribution is 0.0629. The van der Waals surface area contributed by atoms with Crippen molar-refractivity contribution in [1.29, 1.82) is 0 Å². The zero-order valence-electron chi connectivity index (χ0n) is 20.7. The van der Waals surface area contributed by atoms with Gasteiger partial charge in [0.15, 0.2) is 16.7 Å². The number of hydrogen-bond acceptors (Lipinski definition) is 6. The fraction of sp³-hybridized carbons (Fsp3) is 0.214. The summed E-state index contributed by atoms with van der Waals surface area (Å²) >= 11 is 1.19. The van der Waals surface area contributed by atoms with Crippen molar-refractivity contribution in [2.75, 3.05) is 13.2 Å². The summed E-state index contributed by atoms with van der Waals surface area (Å²) in [5, 5.41) is 7.88. The van der Waals surface area contributed by atoms with Crippen molar-refractivity contribution in [2.24, 2.45) is 0 Å². The van der Waals surface area contributed by atoms with Crippen molar-refractivity contribution < 1.29 is 27.9 Å². The molecule has 0 spiro atoms. The van der Waals surface area contributed by atoms with Gasteiger partial charge in [-0.15, -0.1) is 0 Å². The van der Waals surface area contributed by atoms with Crippen LogP contribution in [-0.2, 0) is 13.0 Å². The number of carbonyl (C=O) groups excluding carboxylic acids is 3. The number of aryl methyl sites for hydroxylation is 1. The number of amides is 3. The molecule has 1 unspecified atom stereocenters. The summed E-state index contributed by atoms with van der Waals surface area (Å²) in [6.07, 6.45) is 1.82. The van der Waals surface area contributed by atoms with Gasteiger partial charge in [0.05, 0.1) is 46.0 Å². The highest BCUT2D eigenvalue weighted by Gasteiger charge is 2.37. The van der Waals surface area contributed by atoms with Gasteiger partial charge in [-0.25, -0.2) is 8.78 Å². The SMILES string of the molecule is Cc1cnn2c1-c1cc(C(=O)NC(Cc3ccc(F)c(F)c3)CN3C(=O)c4ccccc4C3=O)sc1OCC2. The lowest BCUT2D eigenvalue weighted by atomic mass is 10.0. The molecule has 39 heavy (non-hydrogen) atoms. The van der Waals surface area contributed by atoms with Crippen molar-refractivity contribution in [2.45, 2.75) is 25.9 Å². The molecule has 4 aromatic rings. The maximum atomic E-state index is 14.0. The molecule has 2 aromatic carbocycles. The maximum Gasteiger partial charge on any atom is 0.261 e. The number of carbonyl (C=O) groups is 3. The first-order valence-electron chi connectivity index (χ1n) is 12.3. The molecule has 0 radical (unpaired) electrons. The molecule has 0 saturated heterocycles. The summed E-state index contributed by atoms with van der Waals surface area (Å²) < 4.78 is 35.2. The van der Waals surface area contributed by atoms with Gasteiger partial charge in [0.1, 0.15) is 6.61 Å². The van der Waals surface area contributed by atoms with Crippen LogP contribution in [-0.4, -0.2) is 51.6 Å². The van der Waals surface area contributed by atoms with E-state index in [1.54, 1.807) is 36.5 Å². The van der Waals surface area contributed by atoms with Crippen LogP contribution in [0.4, 0.5) is 8.78 Å². The van der Waals surface area contributed by atoms with Gasteiger partial charge in [-0.3, -0.25) is 24.0 Å². The molecule has 0 saturated carbocycles. The van der Waals surface area contributed by atoms with Crippen molar-refractivity contribution in [3.05, 3.63) is 93.5 Å². The molecule has 1 atom stereocenters. The van der Waals surface area contributed by atoms with Crippen molar-refractivity contribution in [1.82, 2.24) is 20.0 Å². The molecule has 0 fully saturated rings. The molecule has 6 rings (SSSR count). The minimum Gasteiger partial charge on any atom is -0.481 e. The maximum absolute atomic E-state index is 14.0. The first kappa shape index (κ1) is 24.9. The molecule has 0 bridgehead atoms. The molecule has 1 N–H and O–H groups in total. The quantitative estimate of drug-likeness (QED) is 0.364. The fourth-order valence-electron chi connectivity index (χ4n) is 4.98. The Labute approximate surface area is 225 Å². The Balaban J connectivity index is 1.29. The monoisotopic (exact) mass is 548 g/mol. The average molecular weight is 549 g/mol.